The number of carbonyl (C=O) groups excluding carboxylic acids is 1. The Morgan fingerprint density at radius 2 is 2.21 bits per heavy atom. The molecule has 7 heteroatoms. The van der Waals surface area contributed by atoms with E-state index in [9.17, 15) is 4.79 Å². The van der Waals surface area contributed by atoms with Crippen LogP contribution < -0.4 is 10.6 Å². The second-order valence-electron chi connectivity index (χ2n) is 3.98. The van der Waals surface area contributed by atoms with Gasteiger partial charge in [-0.05, 0) is 25.5 Å². The number of thiazole rings is 1. The molecule has 0 spiro atoms. The minimum absolute atomic E-state index is 0.273. The molecule has 0 unspecified atom stereocenters. The van der Waals surface area contributed by atoms with Gasteiger partial charge in [0.05, 0.1) is 5.69 Å². The summed E-state index contributed by atoms with van der Waals surface area (Å²) in [6.45, 7) is 4.77. The van der Waals surface area contributed by atoms with Crippen molar-refractivity contribution in [2.45, 2.75) is 20.3 Å². The van der Waals surface area contributed by atoms with Crippen LogP contribution in [0.15, 0.2) is 17.5 Å². The molecule has 2 N–H and O–H groups in total. The third-order valence-corrected chi connectivity index (χ3v) is 3.17. The van der Waals surface area contributed by atoms with Gasteiger partial charge in [0.1, 0.15) is 5.82 Å². The van der Waals surface area contributed by atoms with Gasteiger partial charge in [-0.15, -0.1) is 21.5 Å². The second-order valence-corrected chi connectivity index (χ2v) is 4.84. The second kappa shape index (κ2) is 6.24. The van der Waals surface area contributed by atoms with Gasteiger partial charge >= 0.3 is 0 Å². The first kappa shape index (κ1) is 13.4. The van der Waals surface area contributed by atoms with Crippen LogP contribution in [0.2, 0.25) is 0 Å². The number of nitrogens with zero attached hydrogens (tertiary/aromatic N) is 3. The van der Waals surface area contributed by atoms with E-state index in [4.69, 9.17) is 0 Å². The van der Waals surface area contributed by atoms with Gasteiger partial charge in [-0.2, -0.15) is 0 Å². The molecule has 0 saturated carbocycles. The lowest BCUT2D eigenvalue weighted by molar-refractivity contribution is 0.102. The summed E-state index contributed by atoms with van der Waals surface area (Å²) < 4.78 is 0. The summed E-state index contributed by atoms with van der Waals surface area (Å²) in [6.07, 6.45) is 1.01. The van der Waals surface area contributed by atoms with Crippen molar-refractivity contribution in [3.8, 4) is 0 Å². The van der Waals surface area contributed by atoms with Gasteiger partial charge in [0.25, 0.3) is 5.91 Å². The number of amides is 1. The maximum Gasteiger partial charge on any atom is 0.277 e. The van der Waals surface area contributed by atoms with Gasteiger partial charge in [0.2, 0.25) is 0 Å². The minimum Gasteiger partial charge on any atom is -0.369 e. The number of hydrogen-bond donors (Lipinski definition) is 2. The molecular weight excluding hydrogens is 262 g/mol. The van der Waals surface area contributed by atoms with Crippen molar-refractivity contribution in [2.75, 3.05) is 17.2 Å². The van der Waals surface area contributed by atoms with Crippen molar-refractivity contribution < 1.29 is 4.79 Å². The average Bonchev–Trinajstić information content (AvgIpc) is 2.82. The van der Waals surface area contributed by atoms with Gasteiger partial charge in [-0.3, -0.25) is 10.1 Å². The first-order valence-electron chi connectivity index (χ1n) is 6.00. The highest BCUT2D eigenvalue weighted by atomic mass is 32.1. The molecule has 2 aromatic rings. The molecule has 0 fully saturated rings. The normalized spacial score (nSPS) is 10.2. The van der Waals surface area contributed by atoms with Crippen LogP contribution in [0.4, 0.5) is 10.9 Å². The largest absolute Gasteiger partial charge is 0.369 e. The maximum atomic E-state index is 11.9. The fraction of sp³-hybridized carbons (Fsp3) is 0.333. The van der Waals surface area contributed by atoms with Gasteiger partial charge in [-0.1, -0.05) is 6.92 Å². The molecule has 0 atom stereocenters. The number of aryl methyl sites for hydroxylation is 1. The summed E-state index contributed by atoms with van der Waals surface area (Å²) in [5.41, 5.74) is 1.15. The van der Waals surface area contributed by atoms with E-state index in [1.165, 1.54) is 11.3 Å². The number of carbonyl (C=O) groups is 1. The van der Waals surface area contributed by atoms with Crippen molar-refractivity contribution in [1.82, 2.24) is 15.2 Å². The Balaban J connectivity index is 1.99. The monoisotopic (exact) mass is 277 g/mol. The lowest BCUT2D eigenvalue weighted by atomic mass is 10.3. The topological polar surface area (TPSA) is 79.8 Å². The van der Waals surface area contributed by atoms with Crippen LogP contribution >= 0.6 is 11.3 Å². The Bertz CT molecular complexity index is 552. The molecule has 0 saturated heterocycles. The van der Waals surface area contributed by atoms with Crippen LogP contribution in [0.5, 0.6) is 0 Å². The fourth-order valence-corrected chi connectivity index (χ4v) is 2.06. The van der Waals surface area contributed by atoms with E-state index < -0.39 is 0 Å². The van der Waals surface area contributed by atoms with Crippen molar-refractivity contribution >= 4 is 28.2 Å². The fourth-order valence-electron chi connectivity index (χ4n) is 1.37. The zero-order chi connectivity index (χ0) is 13.7. The first-order chi connectivity index (χ1) is 9.19. The molecule has 2 rings (SSSR count). The van der Waals surface area contributed by atoms with E-state index in [0.717, 1.165) is 18.7 Å². The third-order valence-electron chi connectivity index (χ3n) is 2.29. The molecule has 0 bridgehead atoms. The SMILES string of the molecule is CCCNc1ccc(C(=O)Nc2nc(C)cs2)nn1. The number of nitrogens with one attached hydrogen (secondary N) is 2. The molecule has 0 aliphatic heterocycles. The molecular formula is C12H15N5OS. The highest BCUT2D eigenvalue weighted by Gasteiger charge is 2.10. The van der Waals surface area contributed by atoms with Gasteiger partial charge in [0.15, 0.2) is 10.8 Å². The average molecular weight is 277 g/mol. The first-order valence-corrected chi connectivity index (χ1v) is 6.88. The zero-order valence-electron chi connectivity index (χ0n) is 10.8. The molecule has 1 amide bonds. The summed E-state index contributed by atoms with van der Waals surface area (Å²) >= 11 is 1.38. The lowest BCUT2D eigenvalue weighted by Crippen LogP contribution is -2.14. The Kier molecular flexibility index (Phi) is 4.40. The van der Waals surface area contributed by atoms with Crippen molar-refractivity contribution in [2.24, 2.45) is 0 Å². The minimum atomic E-state index is -0.302. The number of rotatable bonds is 5. The Morgan fingerprint density at radius 1 is 1.37 bits per heavy atom. The Hall–Kier alpha value is -2.02. The van der Waals surface area contributed by atoms with Crippen LogP contribution in [0.1, 0.15) is 29.5 Å². The van der Waals surface area contributed by atoms with Crippen molar-refractivity contribution in [1.29, 1.82) is 0 Å². The van der Waals surface area contributed by atoms with Gasteiger partial charge in [-0.25, -0.2) is 4.98 Å². The van der Waals surface area contributed by atoms with E-state index in [2.05, 4.69) is 32.7 Å². The smallest absolute Gasteiger partial charge is 0.277 e. The summed E-state index contributed by atoms with van der Waals surface area (Å²) in [4.78, 5) is 16.0. The van der Waals surface area contributed by atoms with E-state index >= 15 is 0 Å². The van der Waals surface area contributed by atoms with Crippen LogP contribution in [-0.2, 0) is 0 Å². The van der Waals surface area contributed by atoms with Crippen LogP contribution in [0, 0.1) is 6.92 Å². The molecule has 0 radical (unpaired) electrons. The van der Waals surface area contributed by atoms with E-state index in [1.54, 1.807) is 12.1 Å². The number of anilines is 2. The standard InChI is InChI=1S/C12H15N5OS/c1-3-6-13-10-5-4-9(16-17-10)11(18)15-12-14-8(2)7-19-12/h4-5,7H,3,6H2,1-2H3,(H,13,17)(H,14,15,18). The molecule has 100 valence electrons. The molecule has 0 aliphatic carbocycles. The third kappa shape index (κ3) is 3.72. The Labute approximate surface area is 115 Å². The predicted molar refractivity (Wildman–Crippen MR) is 75.6 cm³/mol. The molecule has 2 heterocycles. The number of hydrogen-bond acceptors (Lipinski definition) is 6. The van der Waals surface area contributed by atoms with Crippen LogP contribution in [-0.4, -0.2) is 27.6 Å². The maximum absolute atomic E-state index is 11.9. The van der Waals surface area contributed by atoms with E-state index in [1.807, 2.05) is 12.3 Å². The van der Waals surface area contributed by atoms with Crippen LogP contribution in [0.3, 0.4) is 0 Å². The molecule has 0 aliphatic rings. The quantitative estimate of drug-likeness (QED) is 0.876. The van der Waals surface area contributed by atoms with Crippen molar-refractivity contribution in [3.05, 3.63) is 28.9 Å². The van der Waals surface area contributed by atoms with E-state index in [0.29, 0.717) is 10.9 Å². The van der Waals surface area contributed by atoms with E-state index in [-0.39, 0.29) is 11.6 Å². The molecule has 0 aromatic carbocycles. The zero-order valence-corrected chi connectivity index (χ0v) is 11.6. The molecule has 2 aromatic heterocycles. The highest BCUT2D eigenvalue weighted by molar-refractivity contribution is 7.13. The molecule has 6 nitrogen and oxygen atoms in total. The summed E-state index contributed by atoms with van der Waals surface area (Å²) in [5.74, 6) is 0.368. The predicted octanol–water partition coefficient (Wildman–Crippen LogP) is 2.32. The lowest BCUT2D eigenvalue weighted by Gasteiger charge is -2.03. The summed E-state index contributed by atoms with van der Waals surface area (Å²) in [6, 6.07) is 3.38. The van der Waals surface area contributed by atoms with Gasteiger partial charge in [0, 0.05) is 11.9 Å². The highest BCUT2D eigenvalue weighted by Crippen LogP contribution is 2.15. The number of aromatic nitrogens is 3. The summed E-state index contributed by atoms with van der Waals surface area (Å²) in [5, 5.41) is 16.1. The van der Waals surface area contributed by atoms with Gasteiger partial charge < -0.3 is 5.32 Å². The summed E-state index contributed by atoms with van der Waals surface area (Å²) in [7, 11) is 0. The van der Waals surface area contributed by atoms with Crippen LogP contribution in [0.25, 0.3) is 0 Å². The van der Waals surface area contributed by atoms with Crippen molar-refractivity contribution in [3.63, 3.8) is 0 Å². The Morgan fingerprint density at radius 3 is 2.79 bits per heavy atom. The molecule has 19 heavy (non-hydrogen) atoms.